The van der Waals surface area contributed by atoms with E-state index in [0.29, 0.717) is 0 Å². The largest absolute Gasteiger partial charge is 0.365 e. The molecule has 3 rings (SSSR count). The first-order valence-corrected chi connectivity index (χ1v) is 7.44. The Morgan fingerprint density at radius 2 is 2.16 bits per heavy atom. The predicted octanol–water partition coefficient (Wildman–Crippen LogP) is 2.43. The van der Waals surface area contributed by atoms with Gasteiger partial charge in [0.05, 0.1) is 11.3 Å². The molecule has 0 amide bonds. The van der Waals surface area contributed by atoms with E-state index in [1.165, 1.54) is 35.4 Å². The van der Waals surface area contributed by atoms with E-state index in [1.54, 1.807) is 0 Å². The number of nitrogens with zero attached hydrogens (tertiary/aromatic N) is 2. The van der Waals surface area contributed by atoms with Gasteiger partial charge in [-0.15, -0.1) is 11.3 Å². The van der Waals surface area contributed by atoms with Crippen LogP contribution in [-0.4, -0.2) is 16.6 Å². The lowest BCUT2D eigenvalue weighted by Crippen LogP contribution is -2.25. The van der Waals surface area contributed by atoms with Gasteiger partial charge in [0.2, 0.25) is 0 Å². The molecule has 0 spiro atoms. The maximum Gasteiger partial charge on any atom is 0.259 e. The summed E-state index contributed by atoms with van der Waals surface area (Å²) < 4.78 is 1.81. The molecular formula is C14H17N3OS. The van der Waals surface area contributed by atoms with Gasteiger partial charge in [0.25, 0.3) is 5.56 Å². The Kier molecular flexibility index (Phi) is 3.14. The van der Waals surface area contributed by atoms with Crippen molar-refractivity contribution < 1.29 is 0 Å². The number of anilines is 1. The van der Waals surface area contributed by atoms with Gasteiger partial charge in [-0.25, -0.2) is 4.98 Å². The van der Waals surface area contributed by atoms with E-state index in [-0.39, 0.29) is 5.56 Å². The lowest BCUT2D eigenvalue weighted by Gasteiger charge is -2.19. The normalized spacial score (nSPS) is 14.2. The van der Waals surface area contributed by atoms with E-state index >= 15 is 0 Å². The van der Waals surface area contributed by atoms with Crippen LogP contribution in [0.1, 0.15) is 24.1 Å². The monoisotopic (exact) mass is 275 g/mol. The van der Waals surface area contributed by atoms with Gasteiger partial charge in [0.15, 0.2) is 5.13 Å². The highest BCUT2D eigenvalue weighted by Crippen LogP contribution is 2.26. The summed E-state index contributed by atoms with van der Waals surface area (Å²) >= 11 is 1.53. The molecule has 0 aliphatic heterocycles. The van der Waals surface area contributed by atoms with Gasteiger partial charge < -0.3 is 9.88 Å². The van der Waals surface area contributed by atoms with Crippen molar-refractivity contribution >= 4 is 16.5 Å². The summed E-state index contributed by atoms with van der Waals surface area (Å²) in [4.78, 5) is 16.9. The Balaban J connectivity index is 2.16. The van der Waals surface area contributed by atoms with Gasteiger partial charge in [-0.05, 0) is 37.3 Å². The third-order valence-electron chi connectivity index (χ3n) is 3.73. The Morgan fingerprint density at radius 3 is 2.89 bits per heavy atom. The van der Waals surface area contributed by atoms with E-state index < -0.39 is 0 Å². The lowest BCUT2D eigenvalue weighted by molar-refractivity contribution is 0.624. The van der Waals surface area contributed by atoms with E-state index in [4.69, 9.17) is 0 Å². The van der Waals surface area contributed by atoms with Crippen molar-refractivity contribution in [1.29, 1.82) is 0 Å². The number of pyridine rings is 1. The Labute approximate surface area is 116 Å². The van der Waals surface area contributed by atoms with Crippen LogP contribution in [0.5, 0.6) is 0 Å². The summed E-state index contributed by atoms with van der Waals surface area (Å²) in [6.07, 6.45) is 4.48. The first kappa shape index (κ1) is 12.4. The minimum atomic E-state index is 0.0635. The molecule has 0 aromatic carbocycles. The molecule has 2 aromatic rings. The SMILES string of the molecule is CNc1nc(-c2cc3c(n(C)c2=O)CCCC3)cs1. The van der Waals surface area contributed by atoms with Crippen molar-refractivity contribution in [3.8, 4) is 11.3 Å². The second kappa shape index (κ2) is 4.81. The van der Waals surface area contributed by atoms with E-state index in [1.807, 2.05) is 30.1 Å². The standard InChI is InChI=1S/C14H17N3OS/c1-15-14-16-11(8-19-14)10-7-9-5-3-4-6-12(9)17(2)13(10)18/h7-8H,3-6H2,1-2H3,(H,15,16). The fourth-order valence-corrected chi connectivity index (χ4v) is 3.36. The smallest absolute Gasteiger partial charge is 0.259 e. The Morgan fingerprint density at radius 1 is 1.37 bits per heavy atom. The fraction of sp³-hybridized carbons (Fsp3) is 0.429. The van der Waals surface area contributed by atoms with Crippen LogP contribution in [0, 0.1) is 0 Å². The fourth-order valence-electron chi connectivity index (χ4n) is 2.69. The average molecular weight is 275 g/mol. The number of thiazole rings is 1. The van der Waals surface area contributed by atoms with Crippen molar-refractivity contribution in [2.45, 2.75) is 25.7 Å². The zero-order valence-corrected chi connectivity index (χ0v) is 12.0. The number of fused-ring (bicyclic) bond motifs is 1. The first-order valence-electron chi connectivity index (χ1n) is 6.56. The minimum absolute atomic E-state index is 0.0635. The zero-order chi connectivity index (χ0) is 13.4. The third kappa shape index (κ3) is 2.08. The van der Waals surface area contributed by atoms with Crippen LogP contribution < -0.4 is 10.9 Å². The molecule has 0 unspecified atom stereocenters. The highest BCUT2D eigenvalue weighted by molar-refractivity contribution is 7.14. The van der Waals surface area contributed by atoms with Gasteiger partial charge in [0, 0.05) is 25.2 Å². The number of rotatable bonds is 2. The molecule has 1 N–H and O–H groups in total. The maximum atomic E-state index is 12.4. The van der Waals surface area contributed by atoms with Crippen LogP contribution in [-0.2, 0) is 19.9 Å². The molecule has 19 heavy (non-hydrogen) atoms. The van der Waals surface area contributed by atoms with Crippen molar-refractivity contribution in [3.63, 3.8) is 0 Å². The lowest BCUT2D eigenvalue weighted by atomic mass is 9.94. The van der Waals surface area contributed by atoms with Crippen LogP contribution in [0.2, 0.25) is 0 Å². The predicted molar refractivity (Wildman–Crippen MR) is 79.0 cm³/mol. The minimum Gasteiger partial charge on any atom is -0.365 e. The summed E-state index contributed by atoms with van der Waals surface area (Å²) in [5.41, 5.74) is 4.07. The van der Waals surface area contributed by atoms with Crippen LogP contribution in [0.15, 0.2) is 16.2 Å². The number of hydrogen-bond donors (Lipinski definition) is 1. The van der Waals surface area contributed by atoms with Gasteiger partial charge >= 0.3 is 0 Å². The van der Waals surface area contributed by atoms with Crippen LogP contribution >= 0.6 is 11.3 Å². The van der Waals surface area contributed by atoms with Gasteiger partial charge in [-0.2, -0.15) is 0 Å². The van der Waals surface area contributed by atoms with Gasteiger partial charge in [-0.3, -0.25) is 4.79 Å². The molecule has 0 fully saturated rings. The van der Waals surface area contributed by atoms with Crippen molar-refractivity contribution in [1.82, 2.24) is 9.55 Å². The molecule has 4 nitrogen and oxygen atoms in total. The topological polar surface area (TPSA) is 46.9 Å². The highest BCUT2D eigenvalue weighted by atomic mass is 32.1. The number of aromatic nitrogens is 2. The van der Waals surface area contributed by atoms with Crippen molar-refractivity contribution in [3.05, 3.63) is 33.1 Å². The van der Waals surface area contributed by atoms with Crippen LogP contribution in [0.4, 0.5) is 5.13 Å². The summed E-state index contributed by atoms with van der Waals surface area (Å²) in [5.74, 6) is 0. The Bertz CT molecular complexity index is 672. The average Bonchev–Trinajstić information content (AvgIpc) is 2.91. The van der Waals surface area contributed by atoms with Gasteiger partial charge in [-0.1, -0.05) is 0 Å². The highest BCUT2D eigenvalue weighted by Gasteiger charge is 2.17. The van der Waals surface area contributed by atoms with Gasteiger partial charge in [0.1, 0.15) is 0 Å². The van der Waals surface area contributed by atoms with Crippen molar-refractivity contribution in [2.24, 2.45) is 7.05 Å². The van der Waals surface area contributed by atoms with E-state index in [2.05, 4.69) is 10.3 Å². The summed E-state index contributed by atoms with van der Waals surface area (Å²) in [5, 5.41) is 5.80. The molecule has 1 aliphatic rings. The molecule has 0 bridgehead atoms. The van der Waals surface area contributed by atoms with Crippen LogP contribution in [0.3, 0.4) is 0 Å². The first-order chi connectivity index (χ1) is 9.20. The summed E-state index contributed by atoms with van der Waals surface area (Å²) in [6, 6.07) is 2.05. The molecule has 2 aromatic heterocycles. The summed E-state index contributed by atoms with van der Waals surface area (Å²) in [6.45, 7) is 0. The number of aryl methyl sites for hydroxylation is 1. The molecule has 1 aliphatic carbocycles. The second-order valence-electron chi connectivity index (χ2n) is 4.89. The molecule has 100 valence electrons. The number of hydrogen-bond acceptors (Lipinski definition) is 4. The van der Waals surface area contributed by atoms with Crippen LogP contribution in [0.25, 0.3) is 11.3 Å². The second-order valence-corrected chi connectivity index (χ2v) is 5.75. The van der Waals surface area contributed by atoms with E-state index in [0.717, 1.165) is 29.2 Å². The Hall–Kier alpha value is -1.62. The molecule has 0 saturated heterocycles. The molecule has 2 heterocycles. The number of nitrogens with one attached hydrogen (secondary N) is 1. The molecule has 0 saturated carbocycles. The summed E-state index contributed by atoms with van der Waals surface area (Å²) in [7, 11) is 3.72. The molecular weight excluding hydrogens is 258 g/mol. The quantitative estimate of drug-likeness (QED) is 0.915. The van der Waals surface area contributed by atoms with Crippen molar-refractivity contribution in [2.75, 3.05) is 12.4 Å². The molecule has 5 heteroatoms. The zero-order valence-electron chi connectivity index (χ0n) is 11.2. The molecule has 0 atom stereocenters. The molecule has 0 radical (unpaired) electrons. The maximum absolute atomic E-state index is 12.4. The van der Waals surface area contributed by atoms with E-state index in [9.17, 15) is 4.79 Å². The third-order valence-corrected chi connectivity index (χ3v) is 4.59.